The molecule has 1 atom stereocenters. The van der Waals surface area contributed by atoms with Crippen molar-refractivity contribution in [3.8, 4) is 0 Å². The molecule has 0 N–H and O–H groups in total. The van der Waals surface area contributed by atoms with E-state index in [4.69, 9.17) is 0 Å². The van der Waals surface area contributed by atoms with Crippen LogP contribution < -0.4 is 0 Å². The summed E-state index contributed by atoms with van der Waals surface area (Å²) < 4.78 is 0.189. The van der Waals surface area contributed by atoms with Crippen LogP contribution in [0.2, 0.25) is 0 Å². The summed E-state index contributed by atoms with van der Waals surface area (Å²) in [4.78, 5) is 0. The molecule has 0 bridgehead atoms. The molecule has 2 heteroatoms. The smallest absolute Gasteiger partial charge is 0.0724 e. The average molecular weight is 412 g/mol. The van der Waals surface area contributed by atoms with Gasteiger partial charge in [-0.25, -0.2) is 0 Å². The molecule has 0 saturated carbocycles. The van der Waals surface area contributed by atoms with Crippen molar-refractivity contribution in [2.24, 2.45) is 5.92 Å². The molecule has 0 nitrogen and oxygen atoms in total. The first kappa shape index (κ1) is 21.0. The highest BCUT2D eigenvalue weighted by Crippen LogP contribution is 2.44. The summed E-state index contributed by atoms with van der Waals surface area (Å²) in [6, 6.07) is 0. The highest BCUT2D eigenvalue weighted by molar-refractivity contribution is 9.25. The number of rotatable bonds is 14. The molecule has 1 unspecified atom stereocenters. The van der Waals surface area contributed by atoms with Crippen LogP contribution in [0.15, 0.2) is 0 Å². The van der Waals surface area contributed by atoms with Crippen LogP contribution in [0.3, 0.4) is 0 Å². The Hall–Kier alpha value is 0.960. The molecule has 0 aromatic rings. The topological polar surface area (TPSA) is 0 Å². The van der Waals surface area contributed by atoms with E-state index in [1.165, 1.54) is 83.5 Å². The van der Waals surface area contributed by atoms with Gasteiger partial charge in [-0.1, -0.05) is 117 Å². The van der Waals surface area contributed by atoms with Gasteiger partial charge in [0.05, 0.1) is 3.23 Å². The van der Waals surface area contributed by atoms with Gasteiger partial charge in [-0.05, 0) is 25.2 Å². The quantitative estimate of drug-likeness (QED) is 0.199. The normalized spacial score (nSPS) is 13.7. The Balaban J connectivity index is 4.06. The van der Waals surface area contributed by atoms with E-state index in [1.807, 2.05) is 0 Å². The molecule has 0 aliphatic carbocycles. The summed E-state index contributed by atoms with van der Waals surface area (Å²) in [5.74, 6) is 0.792. The fourth-order valence-electron chi connectivity index (χ4n) is 2.80. The molecule has 0 amide bonds. The van der Waals surface area contributed by atoms with Gasteiger partial charge in [0, 0.05) is 0 Å². The predicted molar refractivity (Wildman–Crippen MR) is 101 cm³/mol. The number of hydrogen-bond donors (Lipinski definition) is 0. The maximum Gasteiger partial charge on any atom is 0.0833 e. The predicted octanol–water partition coefficient (Wildman–Crippen LogP) is 8.22. The van der Waals surface area contributed by atoms with Crippen LogP contribution in [-0.4, -0.2) is 3.23 Å². The Morgan fingerprint density at radius 2 is 1.15 bits per heavy atom. The minimum atomic E-state index is 0.189. The molecule has 0 rings (SSSR count). The SMILES string of the molecule is CCCCCCCCC(CCCC)C(Br)(Br)CCCC. The zero-order chi connectivity index (χ0) is 15.3. The third-order valence-electron chi connectivity index (χ3n) is 4.27. The Kier molecular flexibility index (Phi) is 14.3. The van der Waals surface area contributed by atoms with Crippen LogP contribution in [0.1, 0.15) is 104 Å². The Morgan fingerprint density at radius 1 is 0.650 bits per heavy atom. The van der Waals surface area contributed by atoms with E-state index in [0.29, 0.717) is 0 Å². The van der Waals surface area contributed by atoms with E-state index in [2.05, 4.69) is 52.6 Å². The summed E-state index contributed by atoms with van der Waals surface area (Å²) in [5.41, 5.74) is 0. The molecule has 20 heavy (non-hydrogen) atoms. The molecule has 0 aliphatic heterocycles. The fraction of sp³-hybridized carbons (Fsp3) is 1.00. The standard InChI is InChI=1S/C18H36Br2/c1-4-7-10-11-12-13-15-17(14-8-5-2)18(19,20)16-9-6-3/h17H,4-16H2,1-3H3. The van der Waals surface area contributed by atoms with E-state index in [-0.39, 0.29) is 3.23 Å². The number of unbranched alkanes of at least 4 members (excludes halogenated alkanes) is 7. The van der Waals surface area contributed by atoms with Crippen molar-refractivity contribution in [1.29, 1.82) is 0 Å². The molecular formula is C18H36Br2. The third kappa shape index (κ3) is 10.7. The number of alkyl halides is 2. The first-order valence-corrected chi connectivity index (χ1v) is 10.5. The van der Waals surface area contributed by atoms with Crippen molar-refractivity contribution < 1.29 is 0 Å². The first-order valence-electron chi connectivity index (χ1n) is 8.96. The van der Waals surface area contributed by atoms with Crippen molar-refractivity contribution in [3.63, 3.8) is 0 Å². The molecular weight excluding hydrogens is 376 g/mol. The molecule has 0 aliphatic rings. The molecule has 0 aromatic carbocycles. The summed E-state index contributed by atoms with van der Waals surface area (Å²) in [6.07, 6.45) is 17.7. The Morgan fingerprint density at radius 3 is 1.75 bits per heavy atom. The second kappa shape index (κ2) is 13.6. The maximum atomic E-state index is 3.99. The van der Waals surface area contributed by atoms with Gasteiger partial charge in [0.1, 0.15) is 0 Å². The lowest BCUT2D eigenvalue weighted by Gasteiger charge is -2.31. The average Bonchev–Trinajstić information content (AvgIpc) is 2.43. The van der Waals surface area contributed by atoms with Crippen LogP contribution in [0.5, 0.6) is 0 Å². The summed E-state index contributed by atoms with van der Waals surface area (Å²) >= 11 is 7.98. The van der Waals surface area contributed by atoms with E-state index in [9.17, 15) is 0 Å². The zero-order valence-electron chi connectivity index (χ0n) is 14.0. The van der Waals surface area contributed by atoms with Gasteiger partial charge in [0.2, 0.25) is 0 Å². The highest BCUT2D eigenvalue weighted by Gasteiger charge is 2.31. The van der Waals surface area contributed by atoms with Crippen molar-refractivity contribution in [2.45, 2.75) is 107 Å². The van der Waals surface area contributed by atoms with Crippen LogP contribution in [0.4, 0.5) is 0 Å². The van der Waals surface area contributed by atoms with Crippen molar-refractivity contribution in [3.05, 3.63) is 0 Å². The summed E-state index contributed by atoms with van der Waals surface area (Å²) in [7, 11) is 0. The number of hydrogen-bond acceptors (Lipinski definition) is 0. The molecule has 122 valence electrons. The van der Waals surface area contributed by atoms with Crippen LogP contribution >= 0.6 is 31.9 Å². The summed E-state index contributed by atoms with van der Waals surface area (Å²) in [5, 5.41) is 0. The van der Waals surface area contributed by atoms with E-state index < -0.39 is 0 Å². The fourth-order valence-corrected chi connectivity index (χ4v) is 4.28. The number of halogens is 2. The second-order valence-electron chi connectivity index (χ2n) is 6.26. The van der Waals surface area contributed by atoms with Gasteiger partial charge in [-0.15, -0.1) is 0 Å². The lowest BCUT2D eigenvalue weighted by Crippen LogP contribution is -2.24. The molecule has 0 heterocycles. The van der Waals surface area contributed by atoms with E-state index >= 15 is 0 Å². The first-order chi connectivity index (χ1) is 9.58. The highest BCUT2D eigenvalue weighted by atomic mass is 79.9. The van der Waals surface area contributed by atoms with Gasteiger partial charge in [-0.2, -0.15) is 0 Å². The van der Waals surface area contributed by atoms with Gasteiger partial charge in [0.25, 0.3) is 0 Å². The van der Waals surface area contributed by atoms with Crippen LogP contribution in [-0.2, 0) is 0 Å². The molecule has 0 spiro atoms. The van der Waals surface area contributed by atoms with E-state index in [0.717, 1.165) is 5.92 Å². The maximum absolute atomic E-state index is 3.99. The Labute approximate surface area is 145 Å². The van der Waals surface area contributed by atoms with E-state index in [1.54, 1.807) is 0 Å². The summed E-state index contributed by atoms with van der Waals surface area (Å²) in [6.45, 7) is 6.88. The monoisotopic (exact) mass is 410 g/mol. The molecule has 0 radical (unpaired) electrons. The van der Waals surface area contributed by atoms with Crippen LogP contribution in [0.25, 0.3) is 0 Å². The van der Waals surface area contributed by atoms with Crippen molar-refractivity contribution in [1.82, 2.24) is 0 Å². The molecule has 0 saturated heterocycles. The lowest BCUT2D eigenvalue weighted by atomic mass is 9.90. The zero-order valence-corrected chi connectivity index (χ0v) is 17.2. The van der Waals surface area contributed by atoms with Crippen molar-refractivity contribution >= 4 is 31.9 Å². The van der Waals surface area contributed by atoms with Gasteiger partial charge in [0.15, 0.2) is 0 Å². The van der Waals surface area contributed by atoms with Crippen molar-refractivity contribution in [2.75, 3.05) is 0 Å². The van der Waals surface area contributed by atoms with Gasteiger partial charge in [-0.3, -0.25) is 0 Å². The Bertz CT molecular complexity index is 202. The third-order valence-corrected chi connectivity index (χ3v) is 6.36. The molecule has 0 aromatic heterocycles. The molecule has 0 fully saturated rings. The lowest BCUT2D eigenvalue weighted by molar-refractivity contribution is 0.372. The minimum absolute atomic E-state index is 0.189. The van der Waals surface area contributed by atoms with Gasteiger partial charge < -0.3 is 0 Å². The second-order valence-corrected chi connectivity index (χ2v) is 10.2. The minimum Gasteiger partial charge on any atom is -0.0724 e. The van der Waals surface area contributed by atoms with Gasteiger partial charge >= 0.3 is 0 Å². The largest absolute Gasteiger partial charge is 0.0833 e. The van der Waals surface area contributed by atoms with Crippen LogP contribution in [0, 0.1) is 5.92 Å².